The van der Waals surface area contributed by atoms with E-state index in [1.807, 2.05) is 12.1 Å². The Balaban J connectivity index is 2.02. The lowest BCUT2D eigenvalue weighted by Crippen LogP contribution is -2.38. The van der Waals surface area contributed by atoms with Crippen LogP contribution in [0.1, 0.15) is 25.8 Å². The molecule has 1 N–H and O–H groups in total. The second kappa shape index (κ2) is 5.28. The van der Waals surface area contributed by atoms with Crippen molar-refractivity contribution in [3.8, 4) is 5.75 Å². The molecule has 1 fully saturated rings. The summed E-state index contributed by atoms with van der Waals surface area (Å²) in [5.41, 5.74) is 1.18. The molecule has 2 unspecified atom stereocenters. The number of hydrogen-bond donors (Lipinski definition) is 1. The van der Waals surface area contributed by atoms with E-state index >= 15 is 0 Å². The molecule has 94 valence electrons. The van der Waals surface area contributed by atoms with Crippen LogP contribution in [0.3, 0.4) is 0 Å². The third-order valence-electron chi connectivity index (χ3n) is 3.36. The van der Waals surface area contributed by atoms with Crippen LogP contribution in [0.25, 0.3) is 0 Å². The van der Waals surface area contributed by atoms with Gasteiger partial charge in [-0.2, -0.15) is 0 Å². The molecule has 0 spiro atoms. The van der Waals surface area contributed by atoms with Crippen LogP contribution in [0.2, 0.25) is 5.02 Å². The summed E-state index contributed by atoms with van der Waals surface area (Å²) in [6.45, 7) is 7.86. The molecule has 1 aromatic rings. The number of hydrogen-bond acceptors (Lipinski definition) is 2. The molecule has 0 amide bonds. The van der Waals surface area contributed by atoms with E-state index in [4.69, 9.17) is 11.6 Å². The molecule has 17 heavy (non-hydrogen) atoms. The van der Waals surface area contributed by atoms with Crippen LogP contribution in [-0.2, 0) is 6.54 Å². The maximum Gasteiger partial charge on any atom is 0.134 e. The Morgan fingerprint density at radius 2 is 1.94 bits per heavy atom. The van der Waals surface area contributed by atoms with E-state index in [1.54, 1.807) is 6.07 Å². The Labute approximate surface area is 108 Å². The Kier molecular flexibility index (Phi) is 3.95. The summed E-state index contributed by atoms with van der Waals surface area (Å²) in [4.78, 5) is 2.47. The van der Waals surface area contributed by atoms with Crippen molar-refractivity contribution in [1.29, 1.82) is 0 Å². The summed E-state index contributed by atoms with van der Waals surface area (Å²) < 4.78 is 0. The van der Waals surface area contributed by atoms with Gasteiger partial charge in [0.25, 0.3) is 0 Å². The number of phenols is 1. The summed E-state index contributed by atoms with van der Waals surface area (Å²) in [6, 6.07) is 5.49. The van der Waals surface area contributed by atoms with Crippen molar-refractivity contribution in [2.75, 3.05) is 13.1 Å². The lowest BCUT2D eigenvalue weighted by molar-refractivity contribution is 0.134. The molecular weight excluding hydrogens is 234 g/mol. The first kappa shape index (κ1) is 12.7. The SMILES string of the molecule is CC1CC(C)CN(Cc2ccc(O)c(Cl)c2)C1. The fraction of sp³-hybridized carbons (Fsp3) is 0.571. The average molecular weight is 254 g/mol. The molecule has 1 aliphatic rings. The van der Waals surface area contributed by atoms with Gasteiger partial charge < -0.3 is 5.11 Å². The third kappa shape index (κ3) is 3.36. The minimum absolute atomic E-state index is 0.163. The van der Waals surface area contributed by atoms with Crippen molar-refractivity contribution >= 4 is 11.6 Å². The van der Waals surface area contributed by atoms with Crippen molar-refractivity contribution in [2.45, 2.75) is 26.8 Å². The maximum atomic E-state index is 9.39. The van der Waals surface area contributed by atoms with Crippen molar-refractivity contribution in [3.63, 3.8) is 0 Å². The first-order valence-corrected chi connectivity index (χ1v) is 6.62. The normalized spacial score (nSPS) is 26.1. The number of benzene rings is 1. The zero-order valence-corrected chi connectivity index (χ0v) is 11.2. The summed E-state index contributed by atoms with van der Waals surface area (Å²) in [5, 5.41) is 9.83. The topological polar surface area (TPSA) is 23.5 Å². The summed E-state index contributed by atoms with van der Waals surface area (Å²) in [7, 11) is 0. The zero-order chi connectivity index (χ0) is 12.4. The fourth-order valence-electron chi connectivity index (χ4n) is 2.83. The number of halogens is 1. The Morgan fingerprint density at radius 1 is 1.29 bits per heavy atom. The smallest absolute Gasteiger partial charge is 0.134 e. The number of phenolic OH excluding ortho intramolecular Hbond substituents is 1. The minimum Gasteiger partial charge on any atom is -0.506 e. The lowest BCUT2D eigenvalue weighted by atomic mass is 9.91. The predicted octanol–water partition coefficient (Wildman–Crippen LogP) is 3.52. The minimum atomic E-state index is 0.163. The van der Waals surface area contributed by atoms with Crippen LogP contribution in [0.4, 0.5) is 0 Å². The van der Waals surface area contributed by atoms with E-state index in [-0.39, 0.29) is 5.75 Å². The van der Waals surface area contributed by atoms with Gasteiger partial charge in [-0.25, -0.2) is 0 Å². The second-order valence-corrected chi connectivity index (χ2v) is 5.83. The van der Waals surface area contributed by atoms with Crippen molar-refractivity contribution in [2.24, 2.45) is 11.8 Å². The number of rotatable bonds is 2. The van der Waals surface area contributed by atoms with Crippen LogP contribution < -0.4 is 0 Å². The predicted molar refractivity (Wildman–Crippen MR) is 71.3 cm³/mol. The molecule has 2 atom stereocenters. The van der Waals surface area contributed by atoms with Crippen LogP contribution in [-0.4, -0.2) is 23.1 Å². The van der Waals surface area contributed by atoms with E-state index < -0.39 is 0 Å². The number of aromatic hydroxyl groups is 1. The standard InChI is InChI=1S/C14H20ClNO/c1-10-5-11(2)8-16(7-10)9-12-3-4-14(17)13(15)6-12/h3-4,6,10-11,17H,5,7-9H2,1-2H3. The number of likely N-dealkylation sites (tertiary alicyclic amines) is 1. The van der Waals surface area contributed by atoms with Gasteiger partial charge in [0, 0.05) is 19.6 Å². The monoisotopic (exact) mass is 253 g/mol. The molecule has 0 aromatic heterocycles. The van der Waals surface area contributed by atoms with Gasteiger partial charge in [-0.05, 0) is 36.0 Å². The molecule has 0 bridgehead atoms. The summed E-state index contributed by atoms with van der Waals surface area (Å²) in [6.07, 6.45) is 1.33. The van der Waals surface area contributed by atoms with Crippen molar-refractivity contribution in [1.82, 2.24) is 4.90 Å². The van der Waals surface area contributed by atoms with Gasteiger partial charge in [0.05, 0.1) is 5.02 Å². The van der Waals surface area contributed by atoms with E-state index in [0.29, 0.717) is 5.02 Å². The molecule has 1 aliphatic heterocycles. The summed E-state index contributed by atoms with van der Waals surface area (Å²) in [5.74, 6) is 1.70. The Morgan fingerprint density at radius 3 is 2.53 bits per heavy atom. The zero-order valence-electron chi connectivity index (χ0n) is 10.5. The molecule has 1 heterocycles. The molecular formula is C14H20ClNO. The van der Waals surface area contributed by atoms with Gasteiger partial charge in [-0.1, -0.05) is 31.5 Å². The molecule has 0 saturated carbocycles. The summed E-state index contributed by atoms with van der Waals surface area (Å²) >= 11 is 5.92. The van der Waals surface area contributed by atoms with Gasteiger partial charge in [0.15, 0.2) is 0 Å². The van der Waals surface area contributed by atoms with E-state index in [0.717, 1.165) is 31.5 Å². The average Bonchev–Trinajstić information content (AvgIpc) is 2.22. The van der Waals surface area contributed by atoms with Gasteiger partial charge in [-0.15, -0.1) is 0 Å². The molecule has 2 nitrogen and oxygen atoms in total. The molecule has 1 saturated heterocycles. The molecule has 0 radical (unpaired) electrons. The first-order chi connectivity index (χ1) is 8.04. The number of piperidine rings is 1. The highest BCUT2D eigenvalue weighted by Gasteiger charge is 2.21. The van der Waals surface area contributed by atoms with Gasteiger partial charge in [0.1, 0.15) is 5.75 Å². The van der Waals surface area contributed by atoms with Crippen LogP contribution in [0, 0.1) is 11.8 Å². The van der Waals surface area contributed by atoms with Crippen LogP contribution in [0.5, 0.6) is 5.75 Å². The van der Waals surface area contributed by atoms with Crippen molar-refractivity contribution in [3.05, 3.63) is 28.8 Å². The fourth-order valence-corrected chi connectivity index (χ4v) is 3.03. The second-order valence-electron chi connectivity index (χ2n) is 5.43. The number of nitrogens with zero attached hydrogens (tertiary/aromatic N) is 1. The van der Waals surface area contributed by atoms with Gasteiger partial charge in [-0.3, -0.25) is 4.90 Å². The van der Waals surface area contributed by atoms with E-state index in [1.165, 1.54) is 12.0 Å². The Bertz CT molecular complexity index is 384. The van der Waals surface area contributed by atoms with E-state index in [2.05, 4.69) is 18.7 Å². The maximum absolute atomic E-state index is 9.39. The largest absolute Gasteiger partial charge is 0.506 e. The quantitative estimate of drug-likeness (QED) is 0.872. The first-order valence-electron chi connectivity index (χ1n) is 6.24. The van der Waals surface area contributed by atoms with Gasteiger partial charge in [0.2, 0.25) is 0 Å². The Hall–Kier alpha value is -0.730. The molecule has 0 aliphatic carbocycles. The third-order valence-corrected chi connectivity index (χ3v) is 3.67. The molecule has 1 aromatic carbocycles. The highest BCUT2D eigenvalue weighted by atomic mass is 35.5. The van der Waals surface area contributed by atoms with Crippen LogP contribution >= 0.6 is 11.6 Å². The highest BCUT2D eigenvalue weighted by Crippen LogP contribution is 2.26. The highest BCUT2D eigenvalue weighted by molar-refractivity contribution is 6.32. The van der Waals surface area contributed by atoms with Crippen LogP contribution in [0.15, 0.2) is 18.2 Å². The molecule has 3 heteroatoms. The van der Waals surface area contributed by atoms with Gasteiger partial charge >= 0.3 is 0 Å². The molecule has 2 rings (SSSR count). The lowest BCUT2D eigenvalue weighted by Gasteiger charge is -2.35. The van der Waals surface area contributed by atoms with Crippen molar-refractivity contribution < 1.29 is 5.11 Å². The van der Waals surface area contributed by atoms with E-state index in [9.17, 15) is 5.11 Å².